The molecule has 2 aromatic rings. The largest absolute Gasteiger partial charge is 0.490 e. The molecular formula is C18H19N3O5S. The molecule has 27 heavy (non-hydrogen) atoms. The molecule has 0 aliphatic carbocycles. The molecule has 0 bridgehead atoms. The van der Waals surface area contributed by atoms with E-state index in [1.165, 1.54) is 19.3 Å². The summed E-state index contributed by atoms with van der Waals surface area (Å²) < 4.78 is 32.3. The van der Waals surface area contributed by atoms with Crippen LogP contribution in [0.2, 0.25) is 0 Å². The zero-order valence-corrected chi connectivity index (χ0v) is 15.4. The lowest BCUT2D eigenvalue weighted by Crippen LogP contribution is -2.37. The van der Waals surface area contributed by atoms with Crippen molar-refractivity contribution in [2.75, 3.05) is 25.6 Å². The number of nitrogens with one attached hydrogen (secondary N) is 1. The summed E-state index contributed by atoms with van der Waals surface area (Å²) in [4.78, 5) is 17.0. The number of aliphatic hydroxyl groups is 1. The second kappa shape index (κ2) is 7.77. The molecule has 0 unspecified atom stereocenters. The number of anilines is 1. The first-order valence-electron chi connectivity index (χ1n) is 8.25. The van der Waals surface area contributed by atoms with Crippen LogP contribution in [-0.4, -0.2) is 49.0 Å². The maximum atomic E-state index is 12.9. The summed E-state index contributed by atoms with van der Waals surface area (Å²) in [7, 11) is -2.61. The number of nitrogens with zero attached hydrogens (tertiary/aromatic N) is 2. The van der Waals surface area contributed by atoms with Gasteiger partial charge in [0.2, 0.25) is 0 Å². The maximum Gasteiger partial charge on any atom is 0.277 e. The molecule has 1 amide bonds. The number of amides is 1. The third-order valence-electron chi connectivity index (χ3n) is 3.97. The minimum absolute atomic E-state index is 0.0564. The molecule has 9 heteroatoms. The number of rotatable bonds is 6. The predicted octanol–water partition coefficient (Wildman–Crippen LogP) is 1.42. The summed E-state index contributed by atoms with van der Waals surface area (Å²) in [6.45, 7) is 0.0486. The van der Waals surface area contributed by atoms with Gasteiger partial charge in [0, 0.05) is 31.8 Å². The quantitative estimate of drug-likeness (QED) is 0.724. The number of ether oxygens (including phenoxy) is 1. The lowest BCUT2D eigenvalue weighted by atomic mass is 10.1. The molecule has 1 aliphatic rings. The average Bonchev–Trinajstić information content (AvgIpc) is 2.67. The number of pyridine rings is 1. The molecule has 0 radical (unpaired) electrons. The van der Waals surface area contributed by atoms with Crippen LogP contribution in [0.4, 0.5) is 5.82 Å². The number of benzene rings is 1. The van der Waals surface area contributed by atoms with Gasteiger partial charge in [-0.25, -0.2) is 13.4 Å². The molecule has 1 aliphatic heterocycles. The summed E-state index contributed by atoms with van der Waals surface area (Å²) in [5.74, 6) is -0.229. The highest BCUT2D eigenvalue weighted by Gasteiger charge is 2.38. The van der Waals surface area contributed by atoms with Gasteiger partial charge in [0.1, 0.15) is 5.82 Å². The van der Waals surface area contributed by atoms with Gasteiger partial charge in [-0.1, -0.05) is 18.2 Å². The molecule has 2 N–H and O–H groups in total. The standard InChI is InChI=1S/C18H19N3O5S/c1-21-16(18(23)20-15-9-4-5-10-19-15)17(26-12-6-11-22)13-7-2-3-8-14(13)27(21,24)25/h2-5,7-10,22H,6,11-12H2,1H3,(H,19,20,23). The van der Waals surface area contributed by atoms with Gasteiger partial charge < -0.3 is 15.2 Å². The van der Waals surface area contributed by atoms with Crippen LogP contribution in [0.1, 0.15) is 12.0 Å². The minimum atomic E-state index is -3.91. The highest BCUT2D eigenvalue weighted by atomic mass is 32.2. The number of carbonyl (C=O) groups excluding carboxylic acids is 1. The fourth-order valence-corrected chi connectivity index (χ4v) is 4.05. The van der Waals surface area contributed by atoms with Crippen molar-refractivity contribution in [3.8, 4) is 0 Å². The van der Waals surface area contributed by atoms with E-state index < -0.39 is 15.9 Å². The Labute approximate surface area is 157 Å². The molecule has 1 aromatic carbocycles. The zero-order valence-electron chi connectivity index (χ0n) is 14.6. The van der Waals surface area contributed by atoms with Crippen molar-refractivity contribution >= 4 is 27.5 Å². The fraction of sp³-hybridized carbons (Fsp3) is 0.222. The Kier molecular flexibility index (Phi) is 5.43. The van der Waals surface area contributed by atoms with E-state index in [2.05, 4.69) is 10.3 Å². The number of aliphatic hydroxyl groups excluding tert-OH is 1. The van der Waals surface area contributed by atoms with E-state index in [1.54, 1.807) is 36.4 Å². The fourth-order valence-electron chi connectivity index (χ4n) is 2.66. The van der Waals surface area contributed by atoms with Crippen LogP contribution < -0.4 is 5.32 Å². The van der Waals surface area contributed by atoms with Crippen LogP contribution in [-0.2, 0) is 19.6 Å². The van der Waals surface area contributed by atoms with Gasteiger partial charge in [-0.05, 0) is 24.3 Å². The van der Waals surface area contributed by atoms with E-state index in [9.17, 15) is 13.2 Å². The Bertz CT molecular complexity index is 974. The molecule has 0 saturated carbocycles. The van der Waals surface area contributed by atoms with E-state index in [-0.39, 0.29) is 35.4 Å². The molecule has 0 atom stereocenters. The van der Waals surface area contributed by atoms with Gasteiger partial charge in [-0.15, -0.1) is 0 Å². The average molecular weight is 389 g/mol. The highest BCUT2D eigenvalue weighted by molar-refractivity contribution is 7.89. The summed E-state index contributed by atoms with van der Waals surface area (Å²) in [6, 6.07) is 11.3. The SMILES string of the molecule is CN1C(C(=O)Nc2ccccn2)=C(OCCCO)c2ccccc2S1(=O)=O. The summed E-state index contributed by atoms with van der Waals surface area (Å²) >= 11 is 0. The van der Waals surface area contributed by atoms with E-state index in [4.69, 9.17) is 9.84 Å². The van der Waals surface area contributed by atoms with Crippen molar-refractivity contribution in [1.82, 2.24) is 9.29 Å². The van der Waals surface area contributed by atoms with Crippen LogP contribution in [0.15, 0.2) is 59.3 Å². The monoisotopic (exact) mass is 389 g/mol. The lowest BCUT2D eigenvalue weighted by molar-refractivity contribution is -0.113. The number of sulfonamides is 1. The first-order valence-corrected chi connectivity index (χ1v) is 9.69. The van der Waals surface area contributed by atoms with Gasteiger partial charge in [0.15, 0.2) is 11.5 Å². The molecule has 3 rings (SSSR count). The van der Waals surface area contributed by atoms with Gasteiger partial charge in [0.25, 0.3) is 15.9 Å². The second-order valence-corrected chi connectivity index (χ2v) is 7.68. The Morgan fingerprint density at radius 3 is 2.67 bits per heavy atom. The Balaban J connectivity index is 2.10. The third-order valence-corrected chi connectivity index (χ3v) is 5.79. The van der Waals surface area contributed by atoms with Crippen molar-refractivity contribution in [3.05, 3.63) is 59.9 Å². The zero-order chi connectivity index (χ0) is 19.4. The van der Waals surface area contributed by atoms with E-state index in [0.29, 0.717) is 12.0 Å². The van der Waals surface area contributed by atoms with Crippen LogP contribution >= 0.6 is 0 Å². The van der Waals surface area contributed by atoms with Crippen molar-refractivity contribution in [1.29, 1.82) is 0 Å². The number of carbonyl (C=O) groups is 1. The molecule has 0 fully saturated rings. The van der Waals surface area contributed by atoms with Gasteiger partial charge in [-0.3, -0.25) is 9.10 Å². The van der Waals surface area contributed by atoms with Crippen LogP contribution in [0.5, 0.6) is 0 Å². The highest BCUT2D eigenvalue weighted by Crippen LogP contribution is 2.36. The number of likely N-dealkylation sites (N-methyl/N-ethyl adjacent to an activating group) is 1. The predicted molar refractivity (Wildman–Crippen MR) is 98.8 cm³/mol. The number of aromatic nitrogens is 1. The number of hydrogen-bond donors (Lipinski definition) is 2. The van der Waals surface area contributed by atoms with Crippen molar-refractivity contribution in [2.45, 2.75) is 11.3 Å². The van der Waals surface area contributed by atoms with Gasteiger partial charge in [-0.2, -0.15) is 0 Å². The molecule has 142 valence electrons. The Morgan fingerprint density at radius 2 is 1.96 bits per heavy atom. The van der Waals surface area contributed by atoms with E-state index >= 15 is 0 Å². The molecule has 2 heterocycles. The van der Waals surface area contributed by atoms with Crippen molar-refractivity contribution in [3.63, 3.8) is 0 Å². The number of fused-ring (bicyclic) bond motifs is 1. The maximum absolute atomic E-state index is 12.9. The van der Waals surface area contributed by atoms with Crippen LogP contribution in [0, 0.1) is 0 Å². The number of hydrogen-bond acceptors (Lipinski definition) is 6. The molecule has 0 spiro atoms. The van der Waals surface area contributed by atoms with E-state index in [0.717, 1.165) is 4.31 Å². The Hall–Kier alpha value is -2.91. The van der Waals surface area contributed by atoms with Crippen LogP contribution in [0.3, 0.4) is 0 Å². The van der Waals surface area contributed by atoms with Crippen molar-refractivity contribution in [2.24, 2.45) is 0 Å². The lowest BCUT2D eigenvalue weighted by Gasteiger charge is -2.30. The van der Waals surface area contributed by atoms with Gasteiger partial charge >= 0.3 is 0 Å². The molecule has 8 nitrogen and oxygen atoms in total. The first-order chi connectivity index (χ1) is 13.0. The molecule has 0 saturated heterocycles. The van der Waals surface area contributed by atoms with Gasteiger partial charge in [0.05, 0.1) is 11.5 Å². The minimum Gasteiger partial charge on any atom is -0.490 e. The summed E-state index contributed by atoms with van der Waals surface area (Å²) in [5, 5.41) is 11.6. The third kappa shape index (κ3) is 3.64. The Morgan fingerprint density at radius 1 is 1.22 bits per heavy atom. The smallest absolute Gasteiger partial charge is 0.277 e. The normalized spacial score (nSPS) is 15.3. The molecular weight excluding hydrogens is 370 g/mol. The van der Waals surface area contributed by atoms with Crippen LogP contribution in [0.25, 0.3) is 5.76 Å². The second-order valence-electron chi connectivity index (χ2n) is 5.74. The van der Waals surface area contributed by atoms with Crippen molar-refractivity contribution < 1.29 is 23.1 Å². The molecule has 1 aromatic heterocycles. The summed E-state index contributed by atoms with van der Waals surface area (Å²) in [6.07, 6.45) is 1.86. The summed E-state index contributed by atoms with van der Waals surface area (Å²) in [5.41, 5.74) is 0.164. The van der Waals surface area contributed by atoms with E-state index in [1.807, 2.05) is 0 Å². The first kappa shape index (κ1) is 18.9. The topological polar surface area (TPSA) is 109 Å².